The second-order valence-electron chi connectivity index (χ2n) is 4.10. The molecule has 0 heterocycles. The van der Waals surface area contributed by atoms with E-state index in [2.05, 4.69) is 27.9 Å². The molecule has 0 aliphatic carbocycles. The van der Waals surface area contributed by atoms with Gasteiger partial charge in [0.15, 0.2) is 0 Å². The van der Waals surface area contributed by atoms with E-state index < -0.39 is 10.8 Å². The van der Waals surface area contributed by atoms with Crippen molar-refractivity contribution in [3.63, 3.8) is 0 Å². The minimum Gasteiger partial charge on any atom is -0.322 e. The van der Waals surface area contributed by atoms with E-state index >= 15 is 0 Å². The number of hydrogen-bond donors (Lipinski definition) is 1. The van der Waals surface area contributed by atoms with E-state index in [1.54, 1.807) is 18.2 Å². The average Bonchev–Trinajstić information content (AvgIpc) is 2.48. The quantitative estimate of drug-likeness (QED) is 0.353. The maximum atomic E-state index is 12.3. The molecule has 2 rings (SSSR count). The molecule has 0 spiro atoms. The van der Waals surface area contributed by atoms with Crippen LogP contribution in [0.25, 0.3) is 0 Å². The van der Waals surface area contributed by atoms with Crippen molar-refractivity contribution >= 4 is 51.6 Å². The van der Waals surface area contributed by atoms with E-state index in [9.17, 15) is 14.9 Å². The van der Waals surface area contributed by atoms with Gasteiger partial charge < -0.3 is 5.32 Å². The lowest BCUT2D eigenvalue weighted by atomic mass is 10.1. The molecule has 0 fully saturated rings. The maximum Gasteiger partial charge on any atom is 0.282 e. The summed E-state index contributed by atoms with van der Waals surface area (Å²) in [5.74, 6) is -0.487. The summed E-state index contributed by atoms with van der Waals surface area (Å²) in [6.45, 7) is 0. The van der Waals surface area contributed by atoms with Crippen LogP contribution in [0.1, 0.15) is 10.4 Å². The van der Waals surface area contributed by atoms with Gasteiger partial charge in [-0.15, -0.1) is 11.8 Å². The van der Waals surface area contributed by atoms with Crippen molar-refractivity contribution in [2.75, 3.05) is 11.6 Å². The second kappa shape index (κ2) is 6.90. The number of halogens is 1. The molecule has 1 N–H and O–H groups in total. The molecular formula is C14H11IN2O3S. The topological polar surface area (TPSA) is 72.2 Å². The van der Waals surface area contributed by atoms with Crippen LogP contribution < -0.4 is 5.32 Å². The van der Waals surface area contributed by atoms with Crippen LogP contribution in [0.3, 0.4) is 0 Å². The standard InChI is InChI=1S/C14H11IN2O3S/c1-21-11-6-7-13(17(19)20)12(8-11)14(18)16-10-4-2-9(15)3-5-10/h2-8H,1H3,(H,16,18). The number of nitro benzene ring substituents is 1. The number of carbonyl (C=O) groups is 1. The molecule has 0 aliphatic rings. The summed E-state index contributed by atoms with van der Waals surface area (Å²) in [6, 6.07) is 11.7. The number of nitro groups is 1. The van der Waals surface area contributed by atoms with Gasteiger partial charge in [-0.25, -0.2) is 0 Å². The molecule has 0 saturated heterocycles. The first-order chi connectivity index (χ1) is 10.0. The Bertz CT molecular complexity index is 689. The zero-order valence-electron chi connectivity index (χ0n) is 11.0. The van der Waals surface area contributed by atoms with Crippen molar-refractivity contribution in [2.45, 2.75) is 4.90 Å². The summed E-state index contributed by atoms with van der Waals surface area (Å²) in [5.41, 5.74) is 0.463. The summed E-state index contributed by atoms with van der Waals surface area (Å²) in [4.78, 5) is 23.6. The minimum absolute atomic E-state index is 0.0606. The number of thioether (sulfide) groups is 1. The van der Waals surface area contributed by atoms with Gasteiger partial charge in [0.05, 0.1) is 4.92 Å². The van der Waals surface area contributed by atoms with Crippen LogP contribution in [-0.2, 0) is 0 Å². The van der Waals surface area contributed by atoms with Gasteiger partial charge in [0.1, 0.15) is 5.56 Å². The van der Waals surface area contributed by atoms with Crippen LogP contribution >= 0.6 is 34.4 Å². The van der Waals surface area contributed by atoms with Crippen LogP contribution in [0.15, 0.2) is 47.4 Å². The summed E-state index contributed by atoms with van der Waals surface area (Å²) < 4.78 is 1.04. The smallest absolute Gasteiger partial charge is 0.282 e. The Hall–Kier alpha value is -1.61. The van der Waals surface area contributed by atoms with Crippen molar-refractivity contribution in [1.82, 2.24) is 0 Å². The van der Waals surface area contributed by atoms with Gasteiger partial charge in [0.2, 0.25) is 0 Å². The molecule has 0 radical (unpaired) electrons. The molecule has 5 nitrogen and oxygen atoms in total. The van der Waals surface area contributed by atoms with Gasteiger partial charge in [-0.2, -0.15) is 0 Å². The normalized spacial score (nSPS) is 10.2. The molecule has 2 aromatic rings. The molecular weight excluding hydrogens is 403 g/mol. The number of rotatable bonds is 4. The van der Waals surface area contributed by atoms with Crippen LogP contribution in [0.5, 0.6) is 0 Å². The number of anilines is 1. The first kappa shape index (κ1) is 15.8. The molecule has 0 saturated carbocycles. The number of amides is 1. The highest BCUT2D eigenvalue weighted by molar-refractivity contribution is 14.1. The number of nitrogens with one attached hydrogen (secondary N) is 1. The minimum atomic E-state index is -0.549. The van der Waals surface area contributed by atoms with Crippen LogP contribution in [0, 0.1) is 13.7 Å². The summed E-state index contributed by atoms with van der Waals surface area (Å²) in [7, 11) is 0. The predicted molar refractivity (Wildman–Crippen MR) is 92.0 cm³/mol. The van der Waals surface area contributed by atoms with Crippen molar-refractivity contribution in [3.05, 3.63) is 61.7 Å². The van der Waals surface area contributed by atoms with E-state index in [1.165, 1.54) is 23.9 Å². The average molecular weight is 414 g/mol. The van der Waals surface area contributed by atoms with Gasteiger partial charge in [0.25, 0.3) is 11.6 Å². The highest BCUT2D eigenvalue weighted by atomic mass is 127. The first-order valence-corrected chi connectivity index (χ1v) is 8.21. The lowest BCUT2D eigenvalue weighted by molar-refractivity contribution is -0.385. The Morgan fingerprint density at radius 2 is 1.90 bits per heavy atom. The lowest BCUT2D eigenvalue weighted by Crippen LogP contribution is -2.14. The van der Waals surface area contributed by atoms with Crippen molar-refractivity contribution in [2.24, 2.45) is 0 Å². The van der Waals surface area contributed by atoms with Gasteiger partial charge in [-0.1, -0.05) is 0 Å². The SMILES string of the molecule is CSc1ccc([N+](=O)[O-])c(C(=O)Nc2ccc(I)cc2)c1. The zero-order valence-corrected chi connectivity index (χ0v) is 14.0. The Labute approximate surface area is 139 Å². The Kier molecular flexibility index (Phi) is 5.18. The van der Waals surface area contributed by atoms with Crippen LogP contribution in [-0.4, -0.2) is 17.1 Å². The summed E-state index contributed by atoms with van der Waals surface area (Å²) in [5, 5.41) is 13.7. The summed E-state index contributed by atoms with van der Waals surface area (Å²) >= 11 is 3.59. The Balaban J connectivity index is 2.33. The van der Waals surface area contributed by atoms with E-state index in [0.717, 1.165) is 8.47 Å². The maximum absolute atomic E-state index is 12.3. The fourth-order valence-corrected chi connectivity index (χ4v) is 2.51. The van der Waals surface area contributed by atoms with Crippen LogP contribution in [0.2, 0.25) is 0 Å². The fraction of sp³-hybridized carbons (Fsp3) is 0.0714. The lowest BCUT2D eigenvalue weighted by Gasteiger charge is -2.07. The molecule has 0 bridgehead atoms. The Morgan fingerprint density at radius 3 is 2.48 bits per heavy atom. The number of hydrogen-bond acceptors (Lipinski definition) is 4. The van der Waals surface area contributed by atoms with Gasteiger partial charge in [0, 0.05) is 20.2 Å². The van der Waals surface area contributed by atoms with Gasteiger partial charge >= 0.3 is 0 Å². The number of benzene rings is 2. The van der Waals surface area contributed by atoms with E-state index in [4.69, 9.17) is 0 Å². The molecule has 21 heavy (non-hydrogen) atoms. The molecule has 1 amide bonds. The summed E-state index contributed by atoms with van der Waals surface area (Å²) in [6.07, 6.45) is 1.85. The monoisotopic (exact) mass is 414 g/mol. The third-order valence-electron chi connectivity index (χ3n) is 2.75. The third kappa shape index (κ3) is 3.94. The van der Waals surface area contributed by atoms with Crippen molar-refractivity contribution < 1.29 is 9.72 Å². The van der Waals surface area contributed by atoms with Crippen molar-refractivity contribution in [1.29, 1.82) is 0 Å². The van der Waals surface area contributed by atoms with E-state index in [0.29, 0.717) is 5.69 Å². The fourth-order valence-electron chi connectivity index (χ4n) is 1.71. The van der Waals surface area contributed by atoms with E-state index in [-0.39, 0.29) is 11.3 Å². The third-order valence-corrected chi connectivity index (χ3v) is 4.19. The first-order valence-electron chi connectivity index (χ1n) is 5.90. The molecule has 0 atom stereocenters. The molecule has 0 aliphatic heterocycles. The predicted octanol–water partition coefficient (Wildman–Crippen LogP) is 4.17. The van der Waals surface area contributed by atoms with Crippen molar-refractivity contribution in [3.8, 4) is 0 Å². The molecule has 7 heteroatoms. The second-order valence-corrected chi connectivity index (χ2v) is 6.23. The van der Waals surface area contributed by atoms with E-state index in [1.807, 2.05) is 18.4 Å². The number of nitrogens with zero attached hydrogens (tertiary/aromatic N) is 1. The zero-order chi connectivity index (χ0) is 15.4. The molecule has 0 aromatic heterocycles. The van der Waals surface area contributed by atoms with Crippen LogP contribution in [0.4, 0.5) is 11.4 Å². The highest BCUT2D eigenvalue weighted by Crippen LogP contribution is 2.25. The highest BCUT2D eigenvalue weighted by Gasteiger charge is 2.20. The number of carbonyl (C=O) groups excluding carboxylic acids is 1. The van der Waals surface area contributed by atoms with Gasteiger partial charge in [-0.05, 0) is 65.2 Å². The largest absolute Gasteiger partial charge is 0.322 e. The van der Waals surface area contributed by atoms with Gasteiger partial charge in [-0.3, -0.25) is 14.9 Å². The molecule has 108 valence electrons. The Morgan fingerprint density at radius 1 is 1.24 bits per heavy atom. The molecule has 0 unspecified atom stereocenters. The molecule has 2 aromatic carbocycles.